The second-order valence-corrected chi connectivity index (χ2v) is 2.21. The molecule has 0 bridgehead atoms. The van der Waals surface area contributed by atoms with Crippen molar-refractivity contribution in [3.63, 3.8) is 0 Å². The zero-order chi connectivity index (χ0) is 8.81. The largest absolute Gasteiger partial charge is 0.492 e. The summed E-state index contributed by atoms with van der Waals surface area (Å²) in [5, 5.41) is 8.19. The van der Waals surface area contributed by atoms with Crippen LogP contribution in [0.3, 0.4) is 0 Å². The quantitative estimate of drug-likeness (QED) is 0.642. The first-order valence-corrected chi connectivity index (χ1v) is 3.58. The van der Waals surface area contributed by atoms with E-state index in [2.05, 4.69) is 0 Å². The molecule has 0 fully saturated rings. The summed E-state index contributed by atoms with van der Waals surface area (Å²) in [5.41, 5.74) is 0. The molecular formula is C9H8FNO. The third-order valence-electron chi connectivity index (χ3n) is 1.28. The summed E-state index contributed by atoms with van der Waals surface area (Å²) in [4.78, 5) is 0. The minimum Gasteiger partial charge on any atom is -0.492 e. The smallest absolute Gasteiger partial charge is 0.126 e. The van der Waals surface area contributed by atoms with Crippen LogP contribution in [0.15, 0.2) is 24.3 Å². The van der Waals surface area contributed by atoms with E-state index in [-0.39, 0.29) is 5.82 Å². The van der Waals surface area contributed by atoms with Crippen LogP contribution in [-0.2, 0) is 0 Å². The maximum atomic E-state index is 12.5. The molecule has 0 saturated carbocycles. The Morgan fingerprint density at radius 1 is 1.50 bits per heavy atom. The van der Waals surface area contributed by atoms with Crippen LogP contribution < -0.4 is 4.74 Å². The molecule has 3 heteroatoms. The van der Waals surface area contributed by atoms with Gasteiger partial charge in [-0.05, 0) is 12.1 Å². The number of halogens is 1. The maximum Gasteiger partial charge on any atom is 0.126 e. The van der Waals surface area contributed by atoms with Gasteiger partial charge in [0.2, 0.25) is 0 Å². The lowest BCUT2D eigenvalue weighted by molar-refractivity contribution is 0.325. The highest BCUT2D eigenvalue weighted by molar-refractivity contribution is 5.22. The van der Waals surface area contributed by atoms with Crippen LogP contribution in [0, 0.1) is 17.1 Å². The molecule has 0 atom stereocenters. The van der Waals surface area contributed by atoms with Crippen molar-refractivity contribution in [2.75, 3.05) is 6.61 Å². The van der Waals surface area contributed by atoms with Gasteiger partial charge in [-0.2, -0.15) is 5.26 Å². The van der Waals surface area contributed by atoms with Crippen LogP contribution in [0.25, 0.3) is 0 Å². The molecule has 1 rings (SSSR count). The lowest BCUT2D eigenvalue weighted by Gasteiger charge is -2.01. The number of ether oxygens (including phenoxy) is 1. The van der Waals surface area contributed by atoms with E-state index in [9.17, 15) is 4.39 Å². The Kier molecular flexibility index (Phi) is 3.09. The van der Waals surface area contributed by atoms with E-state index in [1.807, 2.05) is 6.07 Å². The first kappa shape index (κ1) is 8.54. The zero-order valence-electron chi connectivity index (χ0n) is 6.46. The molecule has 0 aromatic heterocycles. The molecule has 2 nitrogen and oxygen atoms in total. The van der Waals surface area contributed by atoms with Gasteiger partial charge in [0.15, 0.2) is 0 Å². The maximum absolute atomic E-state index is 12.5. The van der Waals surface area contributed by atoms with Crippen molar-refractivity contribution >= 4 is 0 Å². The first-order chi connectivity index (χ1) is 5.83. The Hall–Kier alpha value is -1.56. The van der Waals surface area contributed by atoms with Crippen molar-refractivity contribution in [2.45, 2.75) is 6.42 Å². The second kappa shape index (κ2) is 4.35. The number of nitriles is 1. The van der Waals surface area contributed by atoms with Crippen LogP contribution in [0.4, 0.5) is 4.39 Å². The molecule has 1 aromatic rings. The molecule has 0 radical (unpaired) electrons. The van der Waals surface area contributed by atoms with Gasteiger partial charge in [-0.3, -0.25) is 0 Å². The molecule has 0 heterocycles. The molecule has 0 amide bonds. The van der Waals surface area contributed by atoms with Crippen molar-refractivity contribution in [2.24, 2.45) is 0 Å². The van der Waals surface area contributed by atoms with Crippen LogP contribution >= 0.6 is 0 Å². The fourth-order valence-electron chi connectivity index (χ4n) is 0.771. The molecular weight excluding hydrogens is 157 g/mol. The Morgan fingerprint density at radius 3 is 3.00 bits per heavy atom. The van der Waals surface area contributed by atoms with Crippen LogP contribution in [0.5, 0.6) is 5.75 Å². The third-order valence-corrected chi connectivity index (χ3v) is 1.28. The minimum atomic E-state index is -0.329. The van der Waals surface area contributed by atoms with Gasteiger partial charge in [0.05, 0.1) is 12.5 Å². The molecule has 0 spiro atoms. The highest BCUT2D eigenvalue weighted by Crippen LogP contribution is 2.11. The van der Waals surface area contributed by atoms with Gasteiger partial charge in [-0.25, -0.2) is 4.39 Å². The highest BCUT2D eigenvalue weighted by atomic mass is 19.1. The summed E-state index contributed by atoms with van der Waals surface area (Å²) < 4.78 is 17.6. The predicted octanol–water partition coefficient (Wildman–Crippen LogP) is 2.12. The SMILES string of the molecule is N#CCCOc1cccc(F)c1. The summed E-state index contributed by atoms with van der Waals surface area (Å²) in [7, 11) is 0. The van der Waals surface area contributed by atoms with Crippen LogP contribution in [-0.4, -0.2) is 6.61 Å². The fourth-order valence-corrected chi connectivity index (χ4v) is 0.771. The molecule has 0 aliphatic carbocycles. The predicted molar refractivity (Wildman–Crippen MR) is 42.1 cm³/mol. The van der Waals surface area contributed by atoms with Gasteiger partial charge in [0.1, 0.15) is 18.2 Å². The monoisotopic (exact) mass is 165 g/mol. The summed E-state index contributed by atoms with van der Waals surface area (Å²) in [6.07, 6.45) is 0.316. The van der Waals surface area contributed by atoms with Crippen molar-refractivity contribution < 1.29 is 9.13 Å². The van der Waals surface area contributed by atoms with Gasteiger partial charge in [0, 0.05) is 6.07 Å². The Bertz CT molecular complexity index is 293. The zero-order valence-corrected chi connectivity index (χ0v) is 6.46. The van der Waals surface area contributed by atoms with Crippen molar-refractivity contribution in [1.82, 2.24) is 0 Å². The Balaban J connectivity index is 2.48. The molecule has 12 heavy (non-hydrogen) atoms. The molecule has 62 valence electrons. The number of nitrogens with zero attached hydrogens (tertiary/aromatic N) is 1. The fraction of sp³-hybridized carbons (Fsp3) is 0.222. The van der Waals surface area contributed by atoms with Crippen LogP contribution in [0.1, 0.15) is 6.42 Å². The second-order valence-electron chi connectivity index (χ2n) is 2.21. The van der Waals surface area contributed by atoms with Crippen molar-refractivity contribution in [3.8, 4) is 11.8 Å². The van der Waals surface area contributed by atoms with E-state index in [4.69, 9.17) is 10.00 Å². The molecule has 0 unspecified atom stereocenters. The van der Waals surface area contributed by atoms with Crippen molar-refractivity contribution in [1.29, 1.82) is 5.26 Å². The van der Waals surface area contributed by atoms with Gasteiger partial charge < -0.3 is 4.74 Å². The van der Waals surface area contributed by atoms with E-state index in [0.29, 0.717) is 18.8 Å². The van der Waals surface area contributed by atoms with E-state index in [1.165, 1.54) is 12.1 Å². The number of hydrogen-bond acceptors (Lipinski definition) is 2. The van der Waals surface area contributed by atoms with Crippen LogP contribution in [0.2, 0.25) is 0 Å². The van der Waals surface area contributed by atoms with Gasteiger partial charge >= 0.3 is 0 Å². The Morgan fingerprint density at radius 2 is 2.33 bits per heavy atom. The highest BCUT2D eigenvalue weighted by Gasteiger charge is 1.94. The lowest BCUT2D eigenvalue weighted by Crippen LogP contribution is -1.95. The molecule has 1 aromatic carbocycles. The molecule has 0 N–H and O–H groups in total. The van der Waals surface area contributed by atoms with E-state index < -0.39 is 0 Å². The summed E-state index contributed by atoms with van der Waals surface area (Å²) >= 11 is 0. The summed E-state index contributed by atoms with van der Waals surface area (Å²) in [6, 6.07) is 7.79. The number of hydrogen-bond donors (Lipinski definition) is 0. The average Bonchev–Trinajstić information content (AvgIpc) is 2.05. The number of rotatable bonds is 3. The molecule has 0 aliphatic heterocycles. The van der Waals surface area contributed by atoms with Crippen molar-refractivity contribution in [3.05, 3.63) is 30.1 Å². The van der Waals surface area contributed by atoms with E-state index >= 15 is 0 Å². The Labute approximate surface area is 70.2 Å². The van der Waals surface area contributed by atoms with E-state index in [1.54, 1.807) is 12.1 Å². The van der Waals surface area contributed by atoms with Gasteiger partial charge in [-0.15, -0.1) is 0 Å². The first-order valence-electron chi connectivity index (χ1n) is 3.58. The van der Waals surface area contributed by atoms with E-state index in [0.717, 1.165) is 0 Å². The van der Waals surface area contributed by atoms with Gasteiger partial charge in [-0.1, -0.05) is 6.07 Å². The summed E-state index contributed by atoms with van der Waals surface area (Å²) in [5.74, 6) is 0.134. The third kappa shape index (κ3) is 2.59. The minimum absolute atomic E-state index is 0.306. The number of benzene rings is 1. The standard InChI is InChI=1S/C9H8FNO/c10-8-3-1-4-9(7-8)12-6-2-5-11/h1,3-4,7H,2,6H2. The molecule has 0 aliphatic rings. The van der Waals surface area contributed by atoms with Gasteiger partial charge in [0.25, 0.3) is 0 Å². The molecule has 0 saturated heterocycles. The topological polar surface area (TPSA) is 33.0 Å². The lowest BCUT2D eigenvalue weighted by atomic mass is 10.3. The normalized spacial score (nSPS) is 9.00. The average molecular weight is 165 g/mol. The summed E-state index contributed by atoms with van der Waals surface area (Å²) in [6.45, 7) is 0.306.